The van der Waals surface area contributed by atoms with Gasteiger partial charge in [-0.2, -0.15) is 0 Å². The minimum atomic E-state index is -0.212. The smallest absolute Gasteiger partial charge is 0.266 e. The van der Waals surface area contributed by atoms with Crippen molar-refractivity contribution >= 4 is 34.3 Å². The van der Waals surface area contributed by atoms with Crippen molar-refractivity contribution in [2.75, 3.05) is 0 Å². The number of aromatic amines is 3. The SMILES string of the molecule is O=c1cnc2cc3[nH]c(=S)[nH]c3cc2[nH]1. The second-order valence-electron chi connectivity index (χ2n) is 3.24. The molecule has 2 aromatic heterocycles. The van der Waals surface area contributed by atoms with Crippen molar-refractivity contribution in [1.29, 1.82) is 0 Å². The van der Waals surface area contributed by atoms with E-state index in [0.29, 0.717) is 10.3 Å². The number of benzene rings is 1. The highest BCUT2D eigenvalue weighted by Gasteiger charge is 2.01. The Labute approximate surface area is 88.2 Å². The monoisotopic (exact) mass is 218 g/mol. The first kappa shape index (κ1) is 8.37. The molecule has 3 rings (SSSR count). The van der Waals surface area contributed by atoms with Crippen LogP contribution in [0.3, 0.4) is 0 Å². The molecular weight excluding hydrogens is 212 g/mol. The Morgan fingerprint density at radius 1 is 1.07 bits per heavy atom. The lowest BCUT2D eigenvalue weighted by Crippen LogP contribution is -2.04. The highest BCUT2D eigenvalue weighted by molar-refractivity contribution is 7.71. The van der Waals surface area contributed by atoms with Gasteiger partial charge in [-0.05, 0) is 24.4 Å². The van der Waals surface area contributed by atoms with Crippen LogP contribution in [0.15, 0.2) is 23.1 Å². The topological polar surface area (TPSA) is 77.3 Å². The molecule has 1 aromatic carbocycles. The van der Waals surface area contributed by atoms with E-state index in [1.54, 1.807) is 0 Å². The van der Waals surface area contributed by atoms with E-state index in [1.165, 1.54) is 6.20 Å². The minimum Gasteiger partial charge on any atom is -0.331 e. The van der Waals surface area contributed by atoms with E-state index in [1.807, 2.05) is 12.1 Å². The van der Waals surface area contributed by atoms with Gasteiger partial charge in [-0.3, -0.25) is 4.79 Å². The van der Waals surface area contributed by atoms with Crippen molar-refractivity contribution in [2.45, 2.75) is 0 Å². The third-order valence-electron chi connectivity index (χ3n) is 2.21. The number of rotatable bonds is 0. The number of hydrogen-bond acceptors (Lipinski definition) is 3. The molecule has 0 aliphatic carbocycles. The molecule has 0 saturated heterocycles. The van der Waals surface area contributed by atoms with E-state index in [0.717, 1.165) is 16.6 Å². The summed E-state index contributed by atoms with van der Waals surface area (Å²) in [5.41, 5.74) is 2.95. The van der Waals surface area contributed by atoms with Gasteiger partial charge in [0.1, 0.15) is 0 Å². The lowest BCUT2D eigenvalue weighted by molar-refractivity contribution is 1.22. The van der Waals surface area contributed by atoms with Crippen LogP contribution in [-0.2, 0) is 0 Å². The Hall–Kier alpha value is -1.95. The zero-order valence-corrected chi connectivity index (χ0v) is 8.31. The summed E-state index contributed by atoms with van der Waals surface area (Å²) in [6.45, 7) is 0. The summed E-state index contributed by atoms with van der Waals surface area (Å²) < 4.78 is 0.558. The molecule has 74 valence electrons. The van der Waals surface area contributed by atoms with Crippen LogP contribution in [0.1, 0.15) is 0 Å². The maximum Gasteiger partial charge on any atom is 0.266 e. The molecule has 0 saturated carbocycles. The molecule has 15 heavy (non-hydrogen) atoms. The van der Waals surface area contributed by atoms with Gasteiger partial charge >= 0.3 is 0 Å². The van der Waals surface area contributed by atoms with Gasteiger partial charge in [-0.1, -0.05) is 0 Å². The van der Waals surface area contributed by atoms with Gasteiger partial charge in [0.2, 0.25) is 0 Å². The van der Waals surface area contributed by atoms with Crippen LogP contribution < -0.4 is 5.56 Å². The van der Waals surface area contributed by atoms with E-state index in [2.05, 4.69) is 19.9 Å². The van der Waals surface area contributed by atoms with Gasteiger partial charge in [-0.15, -0.1) is 0 Å². The van der Waals surface area contributed by atoms with E-state index in [4.69, 9.17) is 12.2 Å². The van der Waals surface area contributed by atoms with Gasteiger partial charge in [0.05, 0.1) is 28.3 Å². The van der Waals surface area contributed by atoms with Crippen molar-refractivity contribution in [3.05, 3.63) is 33.5 Å². The summed E-state index contributed by atoms with van der Waals surface area (Å²) in [6, 6.07) is 3.65. The van der Waals surface area contributed by atoms with Crippen LogP contribution >= 0.6 is 12.2 Å². The fraction of sp³-hybridized carbons (Fsp3) is 0. The molecule has 0 spiro atoms. The average Bonchev–Trinajstić information content (AvgIpc) is 2.53. The maximum atomic E-state index is 11.1. The Kier molecular flexibility index (Phi) is 1.54. The van der Waals surface area contributed by atoms with Gasteiger partial charge in [0.15, 0.2) is 4.77 Å². The second-order valence-corrected chi connectivity index (χ2v) is 3.65. The third-order valence-corrected chi connectivity index (χ3v) is 2.42. The fourth-order valence-electron chi connectivity index (χ4n) is 1.57. The standard InChI is InChI=1S/C9H6N4OS/c14-8-3-10-4-1-6-7(2-5(4)11-8)13-9(15)12-6/h1-3H,(H,11,14)(H2,12,13,15). The van der Waals surface area contributed by atoms with Gasteiger partial charge in [-0.25, -0.2) is 4.98 Å². The first-order valence-electron chi connectivity index (χ1n) is 4.33. The molecule has 0 radical (unpaired) electrons. The largest absolute Gasteiger partial charge is 0.331 e. The molecule has 0 aliphatic rings. The molecule has 3 N–H and O–H groups in total. The second kappa shape index (κ2) is 2.77. The predicted octanol–water partition coefficient (Wildman–Crippen LogP) is 1.46. The lowest BCUT2D eigenvalue weighted by Gasteiger charge is -1.95. The van der Waals surface area contributed by atoms with Gasteiger partial charge < -0.3 is 15.0 Å². The summed E-state index contributed by atoms with van der Waals surface area (Å²) in [7, 11) is 0. The molecule has 0 unspecified atom stereocenters. The summed E-state index contributed by atoms with van der Waals surface area (Å²) in [4.78, 5) is 23.8. The normalized spacial score (nSPS) is 11.2. The van der Waals surface area contributed by atoms with Crippen LogP contribution in [0.2, 0.25) is 0 Å². The zero-order valence-electron chi connectivity index (χ0n) is 7.50. The fourth-order valence-corrected chi connectivity index (χ4v) is 1.79. The number of hydrogen-bond donors (Lipinski definition) is 3. The number of aromatic nitrogens is 4. The van der Waals surface area contributed by atoms with Crippen molar-refractivity contribution in [3.8, 4) is 0 Å². The van der Waals surface area contributed by atoms with Crippen LogP contribution in [0.25, 0.3) is 22.1 Å². The van der Waals surface area contributed by atoms with Gasteiger partial charge in [0, 0.05) is 0 Å². The number of fused-ring (bicyclic) bond motifs is 2. The van der Waals surface area contributed by atoms with E-state index in [-0.39, 0.29) is 5.56 Å². The number of nitrogens with zero attached hydrogens (tertiary/aromatic N) is 1. The third kappa shape index (κ3) is 1.26. The minimum absolute atomic E-state index is 0.212. The zero-order chi connectivity index (χ0) is 10.4. The molecule has 5 nitrogen and oxygen atoms in total. The predicted molar refractivity (Wildman–Crippen MR) is 59.4 cm³/mol. The summed E-state index contributed by atoms with van der Waals surface area (Å²) in [5, 5.41) is 0. The maximum absolute atomic E-state index is 11.1. The molecule has 0 amide bonds. The van der Waals surface area contributed by atoms with Gasteiger partial charge in [0.25, 0.3) is 5.56 Å². The average molecular weight is 218 g/mol. The first-order chi connectivity index (χ1) is 7.22. The first-order valence-corrected chi connectivity index (χ1v) is 4.74. The Balaban J connectivity index is 2.57. The van der Waals surface area contributed by atoms with Crippen molar-refractivity contribution in [1.82, 2.24) is 19.9 Å². The van der Waals surface area contributed by atoms with E-state index >= 15 is 0 Å². The highest BCUT2D eigenvalue weighted by Crippen LogP contribution is 2.15. The molecule has 0 bridgehead atoms. The lowest BCUT2D eigenvalue weighted by atomic mass is 10.2. The summed E-state index contributed by atoms with van der Waals surface area (Å²) >= 11 is 4.97. The van der Waals surface area contributed by atoms with Crippen LogP contribution in [0.4, 0.5) is 0 Å². The van der Waals surface area contributed by atoms with Crippen molar-refractivity contribution < 1.29 is 0 Å². The molecule has 2 heterocycles. The molecule has 0 aliphatic heterocycles. The highest BCUT2D eigenvalue weighted by atomic mass is 32.1. The van der Waals surface area contributed by atoms with Crippen LogP contribution in [-0.4, -0.2) is 19.9 Å². The number of H-pyrrole nitrogens is 3. The Morgan fingerprint density at radius 3 is 2.60 bits per heavy atom. The molecule has 6 heteroatoms. The Morgan fingerprint density at radius 2 is 1.80 bits per heavy atom. The van der Waals surface area contributed by atoms with E-state index in [9.17, 15) is 4.79 Å². The molecule has 0 fully saturated rings. The quantitative estimate of drug-likeness (QED) is 0.500. The molecular formula is C9H6N4OS. The summed E-state index contributed by atoms with van der Waals surface area (Å²) in [5.74, 6) is 0. The number of nitrogens with one attached hydrogen (secondary N) is 3. The van der Waals surface area contributed by atoms with Crippen LogP contribution in [0, 0.1) is 4.77 Å². The molecule has 0 atom stereocenters. The molecule has 3 aromatic rings. The van der Waals surface area contributed by atoms with Crippen LogP contribution in [0.5, 0.6) is 0 Å². The number of imidazole rings is 1. The Bertz CT molecular complexity index is 765. The van der Waals surface area contributed by atoms with Crippen molar-refractivity contribution in [3.63, 3.8) is 0 Å². The summed E-state index contributed by atoms with van der Waals surface area (Å²) in [6.07, 6.45) is 1.26. The van der Waals surface area contributed by atoms with Crippen molar-refractivity contribution in [2.24, 2.45) is 0 Å². The van der Waals surface area contributed by atoms with E-state index < -0.39 is 0 Å².